The minimum absolute atomic E-state index is 0.170. The number of methoxy groups -OCH3 is 5. The lowest BCUT2D eigenvalue weighted by Crippen LogP contribution is -2.11. The standard InChI is InChI=1S/C21H22O5.C2H6/c1-22-17-10-15-11-20(25-4)18(23-2)8-13(15)6-7-14-9-19(24-3)21(26-5)12-16(14)17;1-2/h8-9,11-12,17H,10H2,1-5H3;1-2H3. The topological polar surface area (TPSA) is 46.2 Å². The Bertz CT molecular complexity index is 877. The molecular formula is C23H28O5. The molecule has 0 spiro atoms. The van der Waals surface area contributed by atoms with E-state index in [4.69, 9.17) is 23.7 Å². The zero-order valence-electron chi connectivity index (χ0n) is 17.6. The molecule has 150 valence electrons. The van der Waals surface area contributed by atoms with E-state index in [1.165, 1.54) is 0 Å². The predicted octanol–water partition coefficient (Wildman–Crippen LogP) is 4.39. The van der Waals surface area contributed by atoms with Crippen LogP contribution in [-0.4, -0.2) is 35.5 Å². The van der Waals surface area contributed by atoms with Gasteiger partial charge in [0.05, 0.1) is 34.5 Å². The fourth-order valence-corrected chi connectivity index (χ4v) is 3.13. The number of rotatable bonds is 5. The normalized spacial score (nSPS) is 13.9. The zero-order chi connectivity index (χ0) is 20.7. The lowest BCUT2D eigenvalue weighted by molar-refractivity contribution is 0.103. The number of benzene rings is 2. The molecule has 0 fully saturated rings. The molecule has 5 nitrogen and oxygen atoms in total. The van der Waals surface area contributed by atoms with Crippen LogP contribution in [-0.2, 0) is 11.2 Å². The van der Waals surface area contributed by atoms with Crippen molar-refractivity contribution in [1.29, 1.82) is 0 Å². The largest absolute Gasteiger partial charge is 0.493 e. The quantitative estimate of drug-likeness (QED) is 0.716. The molecule has 1 aliphatic carbocycles. The summed E-state index contributed by atoms with van der Waals surface area (Å²) in [6.45, 7) is 4.00. The molecule has 1 aliphatic rings. The summed E-state index contributed by atoms with van der Waals surface area (Å²) in [7, 11) is 8.17. The lowest BCUT2D eigenvalue weighted by atomic mass is 9.91. The van der Waals surface area contributed by atoms with Crippen molar-refractivity contribution in [3.05, 3.63) is 46.5 Å². The highest BCUT2D eigenvalue weighted by Gasteiger charge is 2.22. The molecule has 3 rings (SSSR count). The number of hydrogen-bond acceptors (Lipinski definition) is 5. The monoisotopic (exact) mass is 384 g/mol. The van der Waals surface area contributed by atoms with Gasteiger partial charge in [0.25, 0.3) is 0 Å². The molecule has 2 aromatic carbocycles. The summed E-state index contributed by atoms with van der Waals surface area (Å²) in [5.74, 6) is 9.11. The molecular weight excluding hydrogens is 356 g/mol. The van der Waals surface area contributed by atoms with Crippen molar-refractivity contribution in [2.24, 2.45) is 0 Å². The van der Waals surface area contributed by atoms with Crippen LogP contribution in [0.3, 0.4) is 0 Å². The molecule has 5 heteroatoms. The summed E-state index contributed by atoms with van der Waals surface area (Å²) >= 11 is 0. The van der Waals surface area contributed by atoms with Crippen molar-refractivity contribution >= 4 is 0 Å². The second-order valence-corrected chi connectivity index (χ2v) is 5.84. The molecule has 0 saturated heterocycles. The van der Waals surface area contributed by atoms with Crippen LogP contribution in [0.5, 0.6) is 23.0 Å². The van der Waals surface area contributed by atoms with Gasteiger partial charge >= 0.3 is 0 Å². The van der Waals surface area contributed by atoms with Gasteiger partial charge in [-0.1, -0.05) is 25.7 Å². The van der Waals surface area contributed by atoms with Crippen LogP contribution >= 0.6 is 0 Å². The van der Waals surface area contributed by atoms with Gasteiger partial charge in [0.15, 0.2) is 23.0 Å². The van der Waals surface area contributed by atoms with Gasteiger partial charge in [-0.2, -0.15) is 0 Å². The van der Waals surface area contributed by atoms with Gasteiger partial charge in [0.2, 0.25) is 0 Å². The first kappa shape index (κ1) is 21.5. The summed E-state index contributed by atoms with van der Waals surface area (Å²) in [6, 6.07) is 7.68. The Hall–Kier alpha value is -2.84. The summed E-state index contributed by atoms with van der Waals surface area (Å²) in [5.41, 5.74) is 3.76. The van der Waals surface area contributed by atoms with Crippen LogP contribution < -0.4 is 18.9 Å². The Morgan fingerprint density at radius 3 is 1.68 bits per heavy atom. The molecule has 1 unspecified atom stereocenters. The molecule has 0 aliphatic heterocycles. The maximum Gasteiger partial charge on any atom is 0.161 e. The van der Waals surface area contributed by atoms with Gasteiger partial charge in [-0.3, -0.25) is 0 Å². The minimum Gasteiger partial charge on any atom is -0.493 e. The SMILES string of the molecule is CC.COc1cc2c(cc1OC)CC(OC)c1cc(OC)c(OC)cc1C#C2. The molecule has 0 heterocycles. The Morgan fingerprint density at radius 2 is 1.14 bits per heavy atom. The first-order valence-electron chi connectivity index (χ1n) is 9.20. The van der Waals surface area contributed by atoms with Crippen molar-refractivity contribution < 1.29 is 23.7 Å². The third-order valence-corrected chi connectivity index (χ3v) is 4.53. The predicted molar refractivity (Wildman–Crippen MR) is 110 cm³/mol. The fraction of sp³-hybridized carbons (Fsp3) is 0.391. The van der Waals surface area contributed by atoms with E-state index in [1.54, 1.807) is 35.5 Å². The van der Waals surface area contributed by atoms with Gasteiger partial charge < -0.3 is 23.7 Å². The van der Waals surface area contributed by atoms with Crippen LogP contribution in [0.4, 0.5) is 0 Å². The van der Waals surface area contributed by atoms with Crippen molar-refractivity contribution in [3.63, 3.8) is 0 Å². The number of fused-ring (bicyclic) bond motifs is 2. The van der Waals surface area contributed by atoms with E-state index >= 15 is 0 Å². The van der Waals surface area contributed by atoms with Gasteiger partial charge in [0.1, 0.15) is 0 Å². The smallest absolute Gasteiger partial charge is 0.161 e. The fourth-order valence-electron chi connectivity index (χ4n) is 3.13. The van der Waals surface area contributed by atoms with Gasteiger partial charge in [-0.05, 0) is 23.8 Å². The molecule has 0 bridgehead atoms. The van der Waals surface area contributed by atoms with Crippen LogP contribution in [0.25, 0.3) is 0 Å². The second kappa shape index (κ2) is 9.91. The lowest BCUT2D eigenvalue weighted by Gasteiger charge is -2.22. The van der Waals surface area contributed by atoms with Gasteiger partial charge in [-0.25, -0.2) is 0 Å². The Labute approximate surface area is 167 Å². The molecule has 28 heavy (non-hydrogen) atoms. The average molecular weight is 384 g/mol. The molecule has 0 aromatic heterocycles. The first-order chi connectivity index (χ1) is 13.6. The third-order valence-electron chi connectivity index (χ3n) is 4.53. The molecule has 1 atom stereocenters. The molecule has 0 saturated carbocycles. The van der Waals surface area contributed by atoms with E-state index in [2.05, 4.69) is 11.8 Å². The van der Waals surface area contributed by atoms with Crippen LogP contribution in [0.15, 0.2) is 24.3 Å². The molecule has 0 N–H and O–H groups in total. The van der Waals surface area contributed by atoms with E-state index in [0.717, 1.165) is 22.3 Å². The van der Waals surface area contributed by atoms with Crippen LogP contribution in [0.1, 0.15) is 42.2 Å². The van der Waals surface area contributed by atoms with Crippen LogP contribution in [0.2, 0.25) is 0 Å². The van der Waals surface area contributed by atoms with Crippen LogP contribution in [0, 0.1) is 11.8 Å². The highest BCUT2D eigenvalue weighted by molar-refractivity contribution is 5.60. The van der Waals surface area contributed by atoms with Gasteiger partial charge in [0, 0.05) is 36.3 Å². The van der Waals surface area contributed by atoms with E-state index in [1.807, 2.05) is 38.1 Å². The van der Waals surface area contributed by atoms with Crippen molar-refractivity contribution in [2.45, 2.75) is 26.4 Å². The van der Waals surface area contributed by atoms with E-state index < -0.39 is 0 Å². The van der Waals surface area contributed by atoms with Gasteiger partial charge in [-0.15, -0.1) is 0 Å². The van der Waals surface area contributed by atoms with E-state index in [-0.39, 0.29) is 6.10 Å². The Kier molecular flexibility index (Phi) is 7.60. The minimum atomic E-state index is -0.170. The summed E-state index contributed by atoms with van der Waals surface area (Å²) < 4.78 is 27.5. The highest BCUT2D eigenvalue weighted by Crippen LogP contribution is 2.38. The first-order valence-corrected chi connectivity index (χ1v) is 9.20. The second-order valence-electron chi connectivity index (χ2n) is 5.84. The zero-order valence-corrected chi connectivity index (χ0v) is 17.6. The maximum atomic E-state index is 5.78. The summed E-state index contributed by atoms with van der Waals surface area (Å²) in [5, 5.41) is 0. The van der Waals surface area contributed by atoms with E-state index in [0.29, 0.717) is 29.4 Å². The summed E-state index contributed by atoms with van der Waals surface area (Å²) in [6.07, 6.45) is 0.486. The number of ether oxygens (including phenoxy) is 5. The molecule has 2 aromatic rings. The third kappa shape index (κ3) is 4.18. The molecule has 0 radical (unpaired) electrons. The summed E-state index contributed by atoms with van der Waals surface area (Å²) in [4.78, 5) is 0. The van der Waals surface area contributed by atoms with Crippen molar-refractivity contribution in [1.82, 2.24) is 0 Å². The average Bonchev–Trinajstić information content (AvgIpc) is 2.75. The Balaban J connectivity index is 0.00000136. The van der Waals surface area contributed by atoms with E-state index in [9.17, 15) is 0 Å². The number of hydrogen-bond donors (Lipinski definition) is 0. The highest BCUT2D eigenvalue weighted by atomic mass is 16.5. The maximum absolute atomic E-state index is 5.78. The molecule has 0 amide bonds. The van der Waals surface area contributed by atoms with Crippen molar-refractivity contribution in [2.75, 3.05) is 35.5 Å². The van der Waals surface area contributed by atoms with Crippen molar-refractivity contribution in [3.8, 4) is 34.8 Å². The Morgan fingerprint density at radius 1 is 0.679 bits per heavy atom.